The summed E-state index contributed by atoms with van der Waals surface area (Å²) in [7, 11) is 0. The van der Waals surface area contributed by atoms with Crippen LogP contribution in [0.4, 0.5) is 0 Å². The number of carbonyl (C=O) groups excluding carboxylic acids is 1. The molecule has 0 aliphatic rings. The van der Waals surface area contributed by atoms with E-state index < -0.39 is 37.0 Å². The van der Waals surface area contributed by atoms with Gasteiger partial charge in [0.25, 0.3) is 0 Å². The second-order valence-corrected chi connectivity index (χ2v) is 3.64. The highest BCUT2D eigenvalue weighted by Gasteiger charge is 2.25. The van der Waals surface area contributed by atoms with E-state index in [9.17, 15) is 14.4 Å². The van der Waals surface area contributed by atoms with E-state index in [4.69, 9.17) is 10.2 Å². The Bertz CT molecular complexity index is 426. The summed E-state index contributed by atoms with van der Waals surface area (Å²) < 4.78 is 1.33. The number of carboxylic acid groups (broad SMARTS) is 2. The second kappa shape index (κ2) is 5.80. The zero-order chi connectivity index (χ0) is 13.7. The van der Waals surface area contributed by atoms with Crippen molar-refractivity contribution in [2.45, 2.75) is 13.0 Å². The van der Waals surface area contributed by atoms with E-state index in [1.54, 1.807) is 12.3 Å². The van der Waals surface area contributed by atoms with Gasteiger partial charge >= 0.3 is 11.9 Å². The maximum absolute atomic E-state index is 12.0. The Morgan fingerprint density at radius 1 is 1.28 bits per heavy atom. The molecule has 1 aromatic rings. The highest BCUT2D eigenvalue weighted by Crippen LogP contribution is 2.08. The molecular formula is C10H13N3O5. The molecule has 1 rings (SSSR count). The first-order valence-corrected chi connectivity index (χ1v) is 5.13. The minimum absolute atomic E-state index is 0.608. The van der Waals surface area contributed by atoms with E-state index in [-0.39, 0.29) is 0 Å². The third-order valence-corrected chi connectivity index (χ3v) is 2.24. The summed E-state index contributed by atoms with van der Waals surface area (Å²) in [5, 5.41) is 21.1. The molecule has 8 nitrogen and oxygen atoms in total. The highest BCUT2D eigenvalue weighted by molar-refractivity contribution is 5.87. The third-order valence-electron chi connectivity index (χ3n) is 2.24. The number of hydrogen-bond acceptors (Lipinski definition) is 4. The monoisotopic (exact) mass is 255 g/mol. The van der Waals surface area contributed by atoms with Crippen LogP contribution in [0.3, 0.4) is 0 Å². The van der Waals surface area contributed by atoms with Crippen LogP contribution in [0.25, 0.3) is 0 Å². The molecule has 0 fully saturated rings. The van der Waals surface area contributed by atoms with Gasteiger partial charge < -0.3 is 15.1 Å². The van der Waals surface area contributed by atoms with Crippen molar-refractivity contribution in [3.63, 3.8) is 0 Å². The average molecular weight is 255 g/mol. The third kappa shape index (κ3) is 3.58. The highest BCUT2D eigenvalue weighted by atomic mass is 16.4. The van der Waals surface area contributed by atoms with Crippen LogP contribution < -0.4 is 0 Å². The van der Waals surface area contributed by atoms with Gasteiger partial charge in [-0.3, -0.25) is 19.1 Å². The van der Waals surface area contributed by atoms with E-state index in [1.165, 1.54) is 17.8 Å². The standard InChI is InChI=1S/C10H13N3O5/c1-7(13-4-2-3-11-13)10(18)12(5-8(14)15)6-9(16)17/h2-4,7H,5-6H2,1H3,(H,14,15)(H,16,17). The SMILES string of the molecule is CC(C(=O)N(CC(=O)O)CC(=O)O)n1cccn1. The summed E-state index contributed by atoms with van der Waals surface area (Å²) in [5.41, 5.74) is 0. The second-order valence-electron chi connectivity index (χ2n) is 3.64. The van der Waals surface area contributed by atoms with Crippen LogP contribution >= 0.6 is 0 Å². The summed E-state index contributed by atoms with van der Waals surface area (Å²) in [4.78, 5) is 33.9. The fraction of sp³-hybridized carbons (Fsp3) is 0.400. The molecule has 0 bridgehead atoms. The zero-order valence-corrected chi connectivity index (χ0v) is 9.68. The predicted octanol–water partition coefficient (Wildman–Crippen LogP) is -0.558. The van der Waals surface area contributed by atoms with Crippen molar-refractivity contribution >= 4 is 17.8 Å². The Hall–Kier alpha value is -2.38. The fourth-order valence-electron chi connectivity index (χ4n) is 1.43. The maximum atomic E-state index is 12.0. The van der Waals surface area contributed by atoms with Gasteiger partial charge in [0.1, 0.15) is 19.1 Å². The Balaban J connectivity index is 2.81. The molecule has 1 atom stereocenters. The lowest BCUT2D eigenvalue weighted by atomic mass is 10.3. The first-order chi connectivity index (χ1) is 8.41. The Morgan fingerprint density at radius 2 is 1.83 bits per heavy atom. The molecule has 1 aromatic heterocycles. The number of carbonyl (C=O) groups is 3. The fourth-order valence-corrected chi connectivity index (χ4v) is 1.43. The number of nitrogens with zero attached hydrogens (tertiary/aromatic N) is 3. The van der Waals surface area contributed by atoms with Crippen LogP contribution in [0.5, 0.6) is 0 Å². The van der Waals surface area contributed by atoms with Crippen LogP contribution in [0, 0.1) is 0 Å². The zero-order valence-electron chi connectivity index (χ0n) is 9.68. The molecule has 0 aromatic carbocycles. The molecule has 8 heteroatoms. The van der Waals surface area contributed by atoms with Crippen molar-refractivity contribution in [3.8, 4) is 0 Å². The van der Waals surface area contributed by atoms with Crippen molar-refractivity contribution in [2.24, 2.45) is 0 Å². The summed E-state index contributed by atoms with van der Waals surface area (Å²) in [6.45, 7) is 0.208. The van der Waals surface area contributed by atoms with Gasteiger partial charge in [-0.25, -0.2) is 0 Å². The first-order valence-electron chi connectivity index (χ1n) is 5.13. The van der Waals surface area contributed by atoms with E-state index in [2.05, 4.69) is 5.10 Å². The minimum Gasteiger partial charge on any atom is -0.480 e. The number of carboxylic acids is 2. The number of hydrogen-bond donors (Lipinski definition) is 2. The van der Waals surface area contributed by atoms with Crippen molar-refractivity contribution in [3.05, 3.63) is 18.5 Å². The predicted molar refractivity (Wildman–Crippen MR) is 58.8 cm³/mol. The lowest BCUT2D eigenvalue weighted by Gasteiger charge is -2.22. The molecule has 98 valence electrons. The maximum Gasteiger partial charge on any atom is 0.323 e. The summed E-state index contributed by atoms with van der Waals surface area (Å²) in [5.74, 6) is -3.14. The molecular weight excluding hydrogens is 242 g/mol. The summed E-state index contributed by atoms with van der Waals surface area (Å²) in [6.07, 6.45) is 3.02. The Kier molecular flexibility index (Phi) is 4.41. The molecule has 2 N–H and O–H groups in total. The van der Waals surface area contributed by atoms with Crippen LogP contribution in [0.2, 0.25) is 0 Å². The average Bonchev–Trinajstić information content (AvgIpc) is 2.78. The smallest absolute Gasteiger partial charge is 0.323 e. The molecule has 0 saturated carbocycles. The van der Waals surface area contributed by atoms with Gasteiger partial charge in [0.05, 0.1) is 0 Å². The van der Waals surface area contributed by atoms with Crippen LogP contribution in [-0.4, -0.2) is 55.8 Å². The molecule has 1 unspecified atom stereocenters. The summed E-state index contributed by atoms with van der Waals surface area (Å²) in [6, 6.07) is 0.862. The van der Waals surface area contributed by atoms with Gasteiger partial charge in [-0.05, 0) is 13.0 Å². The number of rotatable bonds is 6. The van der Waals surface area contributed by atoms with Gasteiger partial charge in [0.15, 0.2) is 0 Å². The first kappa shape index (κ1) is 13.7. The molecule has 0 spiro atoms. The van der Waals surface area contributed by atoms with Crippen LogP contribution in [0.15, 0.2) is 18.5 Å². The molecule has 0 radical (unpaired) electrons. The minimum atomic E-state index is -1.27. The largest absolute Gasteiger partial charge is 0.480 e. The van der Waals surface area contributed by atoms with Crippen molar-refractivity contribution in [2.75, 3.05) is 13.1 Å². The molecule has 1 heterocycles. The number of aromatic nitrogens is 2. The quantitative estimate of drug-likeness (QED) is 0.704. The van der Waals surface area contributed by atoms with Gasteiger partial charge in [-0.1, -0.05) is 0 Å². The number of aliphatic carboxylic acids is 2. The Labute approximate surface area is 102 Å². The topological polar surface area (TPSA) is 113 Å². The van der Waals surface area contributed by atoms with Gasteiger partial charge in [-0.15, -0.1) is 0 Å². The molecule has 0 saturated heterocycles. The number of amides is 1. The van der Waals surface area contributed by atoms with E-state index in [0.29, 0.717) is 0 Å². The van der Waals surface area contributed by atoms with Gasteiger partial charge in [-0.2, -0.15) is 5.10 Å². The van der Waals surface area contributed by atoms with Crippen molar-refractivity contribution in [1.29, 1.82) is 0 Å². The van der Waals surface area contributed by atoms with Gasteiger partial charge in [0, 0.05) is 12.4 Å². The van der Waals surface area contributed by atoms with Gasteiger partial charge in [0.2, 0.25) is 5.91 Å². The van der Waals surface area contributed by atoms with Crippen LogP contribution in [-0.2, 0) is 14.4 Å². The molecule has 0 aliphatic heterocycles. The van der Waals surface area contributed by atoms with Crippen molar-refractivity contribution < 1.29 is 24.6 Å². The van der Waals surface area contributed by atoms with Crippen LogP contribution in [0.1, 0.15) is 13.0 Å². The Morgan fingerprint density at radius 3 is 2.22 bits per heavy atom. The lowest BCUT2D eigenvalue weighted by molar-refractivity contribution is -0.150. The molecule has 18 heavy (non-hydrogen) atoms. The van der Waals surface area contributed by atoms with E-state index >= 15 is 0 Å². The summed E-state index contributed by atoms with van der Waals surface area (Å²) >= 11 is 0. The molecule has 0 aliphatic carbocycles. The normalized spacial score (nSPS) is 11.8. The van der Waals surface area contributed by atoms with E-state index in [0.717, 1.165) is 4.90 Å². The van der Waals surface area contributed by atoms with Crippen molar-refractivity contribution in [1.82, 2.24) is 14.7 Å². The lowest BCUT2D eigenvalue weighted by Crippen LogP contribution is -2.42. The molecule has 1 amide bonds. The van der Waals surface area contributed by atoms with E-state index in [1.807, 2.05) is 0 Å².